The monoisotopic (exact) mass is 297 g/mol. The summed E-state index contributed by atoms with van der Waals surface area (Å²) in [6.07, 6.45) is 2.44. The molecule has 0 N–H and O–H groups in total. The molecule has 1 rings (SSSR count). The summed E-state index contributed by atoms with van der Waals surface area (Å²) in [6, 6.07) is 8.25. The Balaban J connectivity index is 2.40. The van der Waals surface area contributed by atoms with E-state index in [1.54, 1.807) is 0 Å². The number of hydrogen-bond acceptors (Lipinski definition) is 1. The second kappa shape index (κ2) is 7.49. The van der Waals surface area contributed by atoms with Gasteiger partial charge in [-0.3, -0.25) is 4.79 Å². The van der Waals surface area contributed by atoms with E-state index in [2.05, 4.69) is 35.0 Å². The smallest absolute Gasteiger partial charge is 0.222 e. The van der Waals surface area contributed by atoms with Crippen LogP contribution in [0.25, 0.3) is 0 Å². The Kier molecular flexibility index (Phi) is 6.27. The molecule has 0 spiro atoms. The fourth-order valence-corrected chi connectivity index (χ4v) is 2.00. The fraction of sp³-hybridized carbons (Fsp3) is 0.500. The van der Waals surface area contributed by atoms with E-state index in [1.807, 2.05) is 24.1 Å². The van der Waals surface area contributed by atoms with E-state index in [4.69, 9.17) is 0 Å². The summed E-state index contributed by atoms with van der Waals surface area (Å²) in [6.45, 7) is 2.92. The lowest BCUT2D eigenvalue weighted by Gasteiger charge is -2.16. The minimum atomic E-state index is 0.231. The maximum Gasteiger partial charge on any atom is 0.222 e. The Morgan fingerprint density at radius 1 is 1.35 bits per heavy atom. The number of amides is 1. The van der Waals surface area contributed by atoms with Crippen LogP contribution in [0.5, 0.6) is 0 Å². The van der Waals surface area contributed by atoms with Crippen molar-refractivity contribution < 1.29 is 4.79 Å². The molecule has 17 heavy (non-hydrogen) atoms. The third-order valence-electron chi connectivity index (χ3n) is 2.92. The molecule has 1 aromatic rings. The molecular weight excluding hydrogens is 278 g/mol. The quantitative estimate of drug-likeness (QED) is 0.739. The second-order valence-electron chi connectivity index (χ2n) is 4.28. The first-order valence-electron chi connectivity index (χ1n) is 5.99. The molecule has 0 fully saturated rings. The highest BCUT2D eigenvalue weighted by atomic mass is 79.9. The highest BCUT2D eigenvalue weighted by Gasteiger charge is 2.08. The molecule has 94 valence electrons. The van der Waals surface area contributed by atoms with Crippen molar-refractivity contribution in [2.24, 2.45) is 0 Å². The van der Waals surface area contributed by atoms with Crippen LogP contribution in [0.1, 0.15) is 24.0 Å². The van der Waals surface area contributed by atoms with Crippen molar-refractivity contribution in [3.8, 4) is 0 Å². The molecule has 1 aromatic carbocycles. The van der Waals surface area contributed by atoms with Crippen molar-refractivity contribution in [2.75, 3.05) is 18.9 Å². The summed E-state index contributed by atoms with van der Waals surface area (Å²) < 4.78 is 0. The standard InChI is InChI=1S/C14H20BrNO/c1-12-6-3-4-7-13(12)8-9-14(17)16(2)11-5-10-15/h3-4,6-7H,5,8-11H2,1-2H3. The number of rotatable bonds is 6. The molecule has 3 heteroatoms. The molecule has 0 unspecified atom stereocenters. The molecule has 0 bridgehead atoms. The summed E-state index contributed by atoms with van der Waals surface area (Å²) in [4.78, 5) is 13.7. The van der Waals surface area contributed by atoms with E-state index in [9.17, 15) is 4.79 Å². The number of carbonyl (C=O) groups excluding carboxylic acids is 1. The molecule has 0 aliphatic heterocycles. The molecule has 0 radical (unpaired) electrons. The van der Waals surface area contributed by atoms with Crippen molar-refractivity contribution in [3.05, 3.63) is 35.4 Å². The minimum Gasteiger partial charge on any atom is -0.346 e. The molecule has 0 heterocycles. The first-order chi connectivity index (χ1) is 8.15. The summed E-state index contributed by atoms with van der Waals surface area (Å²) in [5, 5.41) is 0.947. The van der Waals surface area contributed by atoms with Gasteiger partial charge in [0.2, 0.25) is 5.91 Å². The van der Waals surface area contributed by atoms with Crippen molar-refractivity contribution >= 4 is 21.8 Å². The lowest BCUT2D eigenvalue weighted by molar-refractivity contribution is -0.129. The number of carbonyl (C=O) groups is 1. The average molecular weight is 298 g/mol. The number of alkyl halides is 1. The zero-order valence-electron chi connectivity index (χ0n) is 10.6. The first-order valence-corrected chi connectivity index (χ1v) is 7.11. The summed E-state index contributed by atoms with van der Waals surface area (Å²) in [5.74, 6) is 0.231. The minimum absolute atomic E-state index is 0.231. The molecule has 0 aliphatic carbocycles. The number of halogens is 1. The van der Waals surface area contributed by atoms with Gasteiger partial charge in [0.15, 0.2) is 0 Å². The van der Waals surface area contributed by atoms with E-state index in [0.29, 0.717) is 6.42 Å². The molecule has 0 aromatic heterocycles. The van der Waals surface area contributed by atoms with Crippen LogP contribution in [0, 0.1) is 6.92 Å². The lowest BCUT2D eigenvalue weighted by Crippen LogP contribution is -2.28. The molecule has 0 aliphatic rings. The summed E-state index contributed by atoms with van der Waals surface area (Å²) >= 11 is 3.37. The van der Waals surface area contributed by atoms with E-state index in [-0.39, 0.29) is 5.91 Å². The first kappa shape index (κ1) is 14.2. The number of nitrogens with zero attached hydrogens (tertiary/aromatic N) is 1. The van der Waals surface area contributed by atoms with Gasteiger partial charge >= 0.3 is 0 Å². The van der Waals surface area contributed by atoms with E-state index in [0.717, 1.165) is 24.7 Å². The van der Waals surface area contributed by atoms with E-state index >= 15 is 0 Å². The SMILES string of the molecule is Cc1ccccc1CCC(=O)N(C)CCCBr. The Hall–Kier alpha value is -0.830. The van der Waals surface area contributed by atoms with Crippen LogP contribution in [-0.2, 0) is 11.2 Å². The van der Waals surface area contributed by atoms with E-state index < -0.39 is 0 Å². The molecule has 0 saturated carbocycles. The average Bonchev–Trinajstić information content (AvgIpc) is 2.34. The predicted octanol–water partition coefficient (Wildman–Crippen LogP) is 3.17. The van der Waals surface area contributed by atoms with Crippen molar-refractivity contribution in [1.29, 1.82) is 0 Å². The zero-order valence-corrected chi connectivity index (χ0v) is 12.2. The van der Waals surface area contributed by atoms with Crippen LogP contribution >= 0.6 is 15.9 Å². The lowest BCUT2D eigenvalue weighted by atomic mass is 10.0. The van der Waals surface area contributed by atoms with Crippen LogP contribution in [0.15, 0.2) is 24.3 Å². The van der Waals surface area contributed by atoms with Gasteiger partial charge in [-0.15, -0.1) is 0 Å². The van der Waals surface area contributed by atoms with E-state index in [1.165, 1.54) is 11.1 Å². The van der Waals surface area contributed by atoms with Crippen LogP contribution < -0.4 is 0 Å². The van der Waals surface area contributed by atoms with Crippen LogP contribution in [0.4, 0.5) is 0 Å². The zero-order chi connectivity index (χ0) is 12.7. The Morgan fingerprint density at radius 2 is 2.06 bits per heavy atom. The summed E-state index contributed by atoms with van der Waals surface area (Å²) in [5.41, 5.74) is 2.54. The maximum absolute atomic E-state index is 11.8. The molecule has 1 amide bonds. The number of hydrogen-bond donors (Lipinski definition) is 0. The third-order valence-corrected chi connectivity index (χ3v) is 3.48. The Labute approximate surface area is 112 Å². The van der Waals surface area contributed by atoms with Gasteiger partial charge in [0, 0.05) is 25.3 Å². The van der Waals surface area contributed by atoms with Gasteiger partial charge in [0.05, 0.1) is 0 Å². The largest absolute Gasteiger partial charge is 0.346 e. The molecule has 2 nitrogen and oxygen atoms in total. The van der Waals surface area contributed by atoms with Crippen molar-refractivity contribution in [3.63, 3.8) is 0 Å². The molecule has 0 saturated heterocycles. The van der Waals surface area contributed by atoms with Gasteiger partial charge in [-0.1, -0.05) is 40.2 Å². The third kappa shape index (κ3) is 4.90. The van der Waals surface area contributed by atoms with Gasteiger partial charge in [-0.2, -0.15) is 0 Å². The van der Waals surface area contributed by atoms with Crippen LogP contribution in [0.3, 0.4) is 0 Å². The highest BCUT2D eigenvalue weighted by Crippen LogP contribution is 2.10. The predicted molar refractivity (Wildman–Crippen MR) is 75.5 cm³/mol. The van der Waals surface area contributed by atoms with Gasteiger partial charge < -0.3 is 4.90 Å². The number of benzene rings is 1. The molecular formula is C14H20BrNO. The second-order valence-corrected chi connectivity index (χ2v) is 5.08. The molecule has 0 atom stereocenters. The topological polar surface area (TPSA) is 20.3 Å². The fourth-order valence-electron chi connectivity index (χ4n) is 1.74. The Morgan fingerprint density at radius 3 is 2.71 bits per heavy atom. The van der Waals surface area contributed by atoms with Crippen LogP contribution in [0.2, 0.25) is 0 Å². The highest BCUT2D eigenvalue weighted by molar-refractivity contribution is 9.09. The number of aryl methyl sites for hydroxylation is 2. The Bertz CT molecular complexity index is 365. The van der Waals surface area contributed by atoms with Crippen molar-refractivity contribution in [2.45, 2.75) is 26.2 Å². The summed E-state index contributed by atoms with van der Waals surface area (Å²) in [7, 11) is 1.88. The van der Waals surface area contributed by atoms with Crippen LogP contribution in [-0.4, -0.2) is 29.7 Å². The van der Waals surface area contributed by atoms with Gasteiger partial charge in [-0.25, -0.2) is 0 Å². The van der Waals surface area contributed by atoms with Crippen molar-refractivity contribution in [1.82, 2.24) is 4.90 Å². The van der Waals surface area contributed by atoms with Gasteiger partial charge in [-0.05, 0) is 30.9 Å². The van der Waals surface area contributed by atoms with Gasteiger partial charge in [0.25, 0.3) is 0 Å². The van der Waals surface area contributed by atoms with Gasteiger partial charge in [0.1, 0.15) is 0 Å². The normalized spacial score (nSPS) is 10.3. The maximum atomic E-state index is 11.8.